The van der Waals surface area contributed by atoms with Crippen molar-refractivity contribution < 1.29 is 32.3 Å². The van der Waals surface area contributed by atoms with E-state index in [1.807, 2.05) is 6.92 Å². The molecule has 1 N–H and O–H groups in total. The minimum absolute atomic E-state index is 0.0489. The van der Waals surface area contributed by atoms with E-state index in [0.29, 0.717) is 5.56 Å². The molecule has 4 amide bonds. The molecular formula is C21H21F3N4O4S. The van der Waals surface area contributed by atoms with E-state index in [4.69, 9.17) is 4.74 Å². The molecule has 1 aliphatic heterocycles. The highest BCUT2D eigenvalue weighted by Crippen LogP contribution is 2.37. The van der Waals surface area contributed by atoms with Gasteiger partial charge in [0.2, 0.25) is 0 Å². The Morgan fingerprint density at radius 3 is 2.61 bits per heavy atom. The fourth-order valence-corrected chi connectivity index (χ4v) is 3.58. The number of nitrogens with zero attached hydrogens (tertiary/aromatic N) is 3. The molecule has 1 saturated heterocycles. The molecule has 8 nitrogen and oxygen atoms in total. The molecule has 3 rings (SSSR count). The number of hydrogen-bond acceptors (Lipinski definition) is 6. The molecule has 1 fully saturated rings. The minimum Gasteiger partial charge on any atom is -0.449 e. The fraction of sp³-hybridized carbons (Fsp3) is 0.333. The van der Waals surface area contributed by atoms with Gasteiger partial charge in [-0.1, -0.05) is 13.3 Å². The Kier molecular flexibility index (Phi) is 7.79. The van der Waals surface area contributed by atoms with Crippen LogP contribution in [0.15, 0.2) is 47.5 Å². The van der Waals surface area contributed by atoms with Gasteiger partial charge in [0, 0.05) is 17.6 Å². The number of benzene rings is 1. The van der Waals surface area contributed by atoms with Gasteiger partial charge < -0.3 is 9.64 Å². The predicted octanol–water partition coefficient (Wildman–Crippen LogP) is 5.01. The first-order valence-corrected chi connectivity index (χ1v) is 10.8. The van der Waals surface area contributed by atoms with Crippen LogP contribution in [0.2, 0.25) is 0 Å². The Hall–Kier alpha value is -3.28. The van der Waals surface area contributed by atoms with E-state index in [2.05, 4.69) is 10.3 Å². The van der Waals surface area contributed by atoms with Crippen LogP contribution in [-0.4, -0.2) is 46.6 Å². The Balaban J connectivity index is 1.63. The Bertz CT molecular complexity index is 1020. The molecule has 0 aliphatic carbocycles. The Morgan fingerprint density at radius 2 is 1.94 bits per heavy atom. The summed E-state index contributed by atoms with van der Waals surface area (Å²) in [6, 6.07) is 7.61. The maximum absolute atomic E-state index is 12.8. The van der Waals surface area contributed by atoms with Crippen LogP contribution < -0.4 is 10.2 Å². The SMILES string of the molecule is CCCCOC(=O)Nc1cc(CN2CC(=O)N(c3ccc(SC(F)(F)F)cc3)C2=O)ccn1. The zero-order valence-corrected chi connectivity index (χ0v) is 18.4. The van der Waals surface area contributed by atoms with E-state index < -0.39 is 23.5 Å². The molecule has 12 heteroatoms. The Morgan fingerprint density at radius 1 is 1.21 bits per heavy atom. The van der Waals surface area contributed by atoms with Crippen molar-refractivity contribution in [1.82, 2.24) is 9.88 Å². The van der Waals surface area contributed by atoms with Crippen LogP contribution in [0.3, 0.4) is 0 Å². The number of unbranched alkanes of at least 4 members (excludes halogenated alkanes) is 1. The summed E-state index contributed by atoms with van der Waals surface area (Å²) in [5.74, 6) is -0.260. The first kappa shape index (κ1) is 24.4. The highest BCUT2D eigenvalue weighted by molar-refractivity contribution is 8.00. The molecule has 0 spiro atoms. The lowest BCUT2D eigenvalue weighted by molar-refractivity contribution is -0.116. The van der Waals surface area contributed by atoms with Crippen molar-refractivity contribution in [2.45, 2.75) is 36.7 Å². The summed E-state index contributed by atoms with van der Waals surface area (Å²) >= 11 is -0.277. The summed E-state index contributed by atoms with van der Waals surface area (Å²) in [4.78, 5) is 43.2. The van der Waals surface area contributed by atoms with Crippen molar-refractivity contribution >= 4 is 41.3 Å². The third-order valence-corrected chi connectivity index (χ3v) is 5.26. The van der Waals surface area contributed by atoms with Crippen LogP contribution in [0.5, 0.6) is 0 Å². The number of rotatable bonds is 8. The first-order chi connectivity index (χ1) is 15.7. The van der Waals surface area contributed by atoms with Crippen LogP contribution in [-0.2, 0) is 16.1 Å². The summed E-state index contributed by atoms with van der Waals surface area (Å²) in [6.45, 7) is 2.14. The molecule has 2 heterocycles. The van der Waals surface area contributed by atoms with Crippen molar-refractivity contribution in [3.8, 4) is 0 Å². The third-order valence-electron chi connectivity index (χ3n) is 4.52. The van der Waals surface area contributed by atoms with Crippen molar-refractivity contribution in [1.29, 1.82) is 0 Å². The Labute approximate surface area is 192 Å². The monoisotopic (exact) mass is 482 g/mol. The summed E-state index contributed by atoms with van der Waals surface area (Å²) in [5, 5.41) is 2.51. The summed E-state index contributed by atoms with van der Waals surface area (Å²) in [5.41, 5.74) is -3.62. The number of ether oxygens (including phenoxy) is 1. The molecule has 0 unspecified atom stereocenters. The fourth-order valence-electron chi connectivity index (χ4n) is 3.04. The largest absolute Gasteiger partial charge is 0.449 e. The van der Waals surface area contributed by atoms with Crippen molar-refractivity contribution in [2.75, 3.05) is 23.4 Å². The van der Waals surface area contributed by atoms with Gasteiger partial charge in [0.25, 0.3) is 5.91 Å². The maximum Gasteiger partial charge on any atom is 0.446 e. The van der Waals surface area contributed by atoms with Gasteiger partial charge in [-0.05, 0) is 60.1 Å². The number of nitrogens with one attached hydrogen (secondary N) is 1. The molecule has 33 heavy (non-hydrogen) atoms. The number of imide groups is 1. The number of amides is 4. The molecule has 0 atom stereocenters. The van der Waals surface area contributed by atoms with Crippen molar-refractivity contribution in [3.63, 3.8) is 0 Å². The number of carbonyl (C=O) groups excluding carboxylic acids is 3. The third kappa shape index (κ3) is 6.85. The molecule has 1 aromatic heterocycles. The predicted molar refractivity (Wildman–Crippen MR) is 116 cm³/mol. The zero-order valence-electron chi connectivity index (χ0n) is 17.6. The van der Waals surface area contributed by atoms with Crippen LogP contribution in [0.4, 0.5) is 34.3 Å². The standard InChI is InChI=1S/C21H21F3N4O4S/c1-2-3-10-32-19(30)26-17-11-14(8-9-25-17)12-27-13-18(29)28(20(27)31)15-4-6-16(7-5-15)33-21(22,23)24/h4-9,11H,2-3,10,12-13H2,1H3,(H,25,26,30). The highest BCUT2D eigenvalue weighted by atomic mass is 32.2. The van der Waals surface area contributed by atoms with Gasteiger partial charge in [-0.15, -0.1) is 0 Å². The number of urea groups is 1. The lowest BCUT2D eigenvalue weighted by Gasteiger charge is -2.18. The van der Waals surface area contributed by atoms with Crippen LogP contribution in [0.1, 0.15) is 25.3 Å². The van der Waals surface area contributed by atoms with Gasteiger partial charge in [-0.3, -0.25) is 10.1 Å². The number of anilines is 2. The van der Waals surface area contributed by atoms with Crippen molar-refractivity contribution in [3.05, 3.63) is 48.2 Å². The van der Waals surface area contributed by atoms with Crippen LogP contribution in [0, 0.1) is 0 Å². The first-order valence-electron chi connectivity index (χ1n) is 10.0. The second kappa shape index (κ2) is 10.6. The average molecular weight is 482 g/mol. The molecule has 0 bridgehead atoms. The number of carbonyl (C=O) groups is 3. The number of halogens is 3. The van der Waals surface area contributed by atoms with E-state index in [0.717, 1.165) is 17.7 Å². The van der Waals surface area contributed by atoms with Crippen molar-refractivity contribution in [2.24, 2.45) is 0 Å². The van der Waals surface area contributed by atoms with Crippen LogP contribution >= 0.6 is 11.8 Å². The molecule has 0 saturated carbocycles. The average Bonchev–Trinajstić information content (AvgIpc) is 3.01. The molecule has 2 aromatic rings. The number of pyridine rings is 1. The summed E-state index contributed by atoms with van der Waals surface area (Å²) in [7, 11) is 0. The van der Waals surface area contributed by atoms with Gasteiger partial charge in [0.05, 0.1) is 12.3 Å². The number of hydrogen-bond donors (Lipinski definition) is 1. The molecule has 1 aromatic carbocycles. The number of thioether (sulfide) groups is 1. The number of aromatic nitrogens is 1. The van der Waals surface area contributed by atoms with E-state index in [9.17, 15) is 27.6 Å². The van der Waals surface area contributed by atoms with E-state index in [1.165, 1.54) is 35.4 Å². The van der Waals surface area contributed by atoms with E-state index in [-0.39, 0.29) is 47.9 Å². The van der Waals surface area contributed by atoms with E-state index >= 15 is 0 Å². The molecule has 1 aliphatic rings. The highest BCUT2D eigenvalue weighted by Gasteiger charge is 2.37. The van der Waals surface area contributed by atoms with Crippen LogP contribution in [0.25, 0.3) is 0 Å². The van der Waals surface area contributed by atoms with Gasteiger partial charge in [-0.2, -0.15) is 13.2 Å². The zero-order chi connectivity index (χ0) is 24.0. The van der Waals surface area contributed by atoms with Gasteiger partial charge in [-0.25, -0.2) is 19.5 Å². The lowest BCUT2D eigenvalue weighted by atomic mass is 10.2. The number of alkyl halides is 3. The van der Waals surface area contributed by atoms with Gasteiger partial charge in [0.15, 0.2) is 0 Å². The van der Waals surface area contributed by atoms with Gasteiger partial charge in [0.1, 0.15) is 12.4 Å². The normalized spacial score (nSPS) is 14.1. The quantitative estimate of drug-likeness (QED) is 0.323. The molecule has 0 radical (unpaired) electrons. The van der Waals surface area contributed by atoms with Gasteiger partial charge >= 0.3 is 17.6 Å². The second-order valence-corrected chi connectivity index (χ2v) is 8.21. The summed E-state index contributed by atoms with van der Waals surface area (Å²) in [6.07, 6.45) is 2.44. The molecular weight excluding hydrogens is 461 g/mol. The van der Waals surface area contributed by atoms with E-state index in [1.54, 1.807) is 12.1 Å². The topological polar surface area (TPSA) is 91.8 Å². The summed E-state index contributed by atoms with van der Waals surface area (Å²) < 4.78 is 42.5. The maximum atomic E-state index is 12.8. The smallest absolute Gasteiger partial charge is 0.446 e. The second-order valence-electron chi connectivity index (χ2n) is 7.07. The minimum atomic E-state index is -4.43. The molecule has 176 valence electrons. The lowest BCUT2D eigenvalue weighted by Crippen LogP contribution is -2.32.